The van der Waals surface area contributed by atoms with Crippen molar-refractivity contribution in [3.05, 3.63) is 11.7 Å². The Kier molecular flexibility index (Phi) is 4.72. The minimum absolute atomic E-state index is 0.249. The third kappa shape index (κ3) is 3.09. The molecular weight excluding hydrogens is 228 g/mol. The van der Waals surface area contributed by atoms with Crippen LogP contribution in [0.25, 0.3) is 0 Å². The Balaban J connectivity index is 1.99. The van der Waals surface area contributed by atoms with Crippen LogP contribution in [0.2, 0.25) is 0 Å². The molecule has 102 valence electrons. The fourth-order valence-electron chi connectivity index (χ4n) is 2.41. The molecule has 1 aliphatic heterocycles. The zero-order valence-electron chi connectivity index (χ0n) is 11.6. The lowest BCUT2D eigenvalue weighted by atomic mass is 10.1. The topological polar surface area (TPSA) is 54.2 Å². The molecule has 0 amide bonds. The van der Waals surface area contributed by atoms with Gasteiger partial charge in [0.15, 0.2) is 5.82 Å². The van der Waals surface area contributed by atoms with E-state index in [2.05, 4.69) is 41.1 Å². The van der Waals surface area contributed by atoms with Crippen LogP contribution >= 0.6 is 0 Å². The summed E-state index contributed by atoms with van der Waals surface area (Å²) in [5.41, 5.74) is 0. The predicted octanol–water partition coefficient (Wildman–Crippen LogP) is 1.94. The molecule has 1 saturated heterocycles. The Morgan fingerprint density at radius 2 is 2.06 bits per heavy atom. The summed E-state index contributed by atoms with van der Waals surface area (Å²) >= 11 is 0. The summed E-state index contributed by atoms with van der Waals surface area (Å²) in [6.07, 6.45) is 2.25. The van der Waals surface area contributed by atoms with E-state index >= 15 is 0 Å². The van der Waals surface area contributed by atoms with Crippen LogP contribution in [0.3, 0.4) is 0 Å². The first-order chi connectivity index (χ1) is 8.72. The molecule has 1 aliphatic rings. The molecule has 1 aromatic rings. The highest BCUT2D eigenvalue weighted by molar-refractivity contribution is 4.97. The summed E-state index contributed by atoms with van der Waals surface area (Å²) < 4.78 is 5.39. The average Bonchev–Trinajstić information content (AvgIpc) is 2.89. The molecule has 2 heterocycles. The summed E-state index contributed by atoms with van der Waals surface area (Å²) in [7, 11) is 0. The van der Waals surface area contributed by atoms with Gasteiger partial charge in [-0.3, -0.25) is 4.90 Å². The Labute approximate surface area is 109 Å². The maximum Gasteiger partial charge on any atom is 0.229 e. The Morgan fingerprint density at radius 3 is 2.72 bits per heavy atom. The lowest BCUT2D eigenvalue weighted by Crippen LogP contribution is -2.44. The van der Waals surface area contributed by atoms with E-state index < -0.39 is 0 Å². The molecule has 0 saturated carbocycles. The third-order valence-electron chi connectivity index (χ3n) is 3.67. The maximum absolute atomic E-state index is 5.39. The second-order valence-corrected chi connectivity index (χ2v) is 5.14. The second kappa shape index (κ2) is 6.29. The fraction of sp³-hybridized carbons (Fsp3) is 0.846. The van der Waals surface area contributed by atoms with E-state index in [0.29, 0.717) is 5.92 Å². The molecule has 2 atom stereocenters. The first-order valence-electron chi connectivity index (χ1n) is 7.00. The molecule has 0 bridgehead atoms. The number of nitrogens with one attached hydrogen (secondary N) is 1. The van der Waals surface area contributed by atoms with E-state index in [1.54, 1.807) is 0 Å². The number of nitrogens with zero attached hydrogens (tertiary/aromatic N) is 3. The summed E-state index contributed by atoms with van der Waals surface area (Å²) in [5, 5.41) is 7.50. The van der Waals surface area contributed by atoms with Crippen molar-refractivity contribution in [3.8, 4) is 0 Å². The zero-order valence-corrected chi connectivity index (χ0v) is 11.6. The van der Waals surface area contributed by atoms with Gasteiger partial charge in [-0.05, 0) is 13.3 Å². The third-order valence-corrected chi connectivity index (χ3v) is 3.67. The van der Waals surface area contributed by atoms with Gasteiger partial charge >= 0.3 is 0 Å². The van der Waals surface area contributed by atoms with Gasteiger partial charge in [-0.25, -0.2) is 0 Å². The fourth-order valence-corrected chi connectivity index (χ4v) is 2.41. The number of hydrogen-bond acceptors (Lipinski definition) is 5. The first-order valence-corrected chi connectivity index (χ1v) is 7.00. The predicted molar refractivity (Wildman–Crippen MR) is 70.5 cm³/mol. The van der Waals surface area contributed by atoms with Crippen molar-refractivity contribution in [3.63, 3.8) is 0 Å². The highest BCUT2D eigenvalue weighted by Gasteiger charge is 2.23. The normalized spacial score (nSPS) is 20.8. The van der Waals surface area contributed by atoms with Crippen LogP contribution in [0.5, 0.6) is 0 Å². The molecule has 2 unspecified atom stereocenters. The smallest absolute Gasteiger partial charge is 0.229 e. The van der Waals surface area contributed by atoms with E-state index in [-0.39, 0.29) is 6.04 Å². The lowest BCUT2D eigenvalue weighted by molar-refractivity contribution is 0.176. The van der Waals surface area contributed by atoms with Crippen LogP contribution in [-0.2, 0) is 0 Å². The Morgan fingerprint density at radius 1 is 1.33 bits per heavy atom. The maximum atomic E-state index is 5.39. The van der Waals surface area contributed by atoms with Crippen LogP contribution < -0.4 is 5.32 Å². The first kappa shape index (κ1) is 13.5. The second-order valence-electron chi connectivity index (χ2n) is 5.14. The van der Waals surface area contributed by atoms with Crippen molar-refractivity contribution in [2.45, 2.75) is 45.6 Å². The molecule has 0 radical (unpaired) electrons. The quantitative estimate of drug-likeness (QED) is 0.868. The minimum atomic E-state index is 0.249. The van der Waals surface area contributed by atoms with E-state index in [4.69, 9.17) is 4.52 Å². The highest BCUT2D eigenvalue weighted by Crippen LogP contribution is 2.22. The van der Waals surface area contributed by atoms with E-state index in [9.17, 15) is 0 Å². The number of piperazine rings is 1. The van der Waals surface area contributed by atoms with Crippen LogP contribution in [0.4, 0.5) is 0 Å². The van der Waals surface area contributed by atoms with Gasteiger partial charge in [0.1, 0.15) is 0 Å². The molecule has 2 rings (SSSR count). The van der Waals surface area contributed by atoms with Gasteiger partial charge < -0.3 is 9.84 Å². The van der Waals surface area contributed by atoms with Crippen molar-refractivity contribution >= 4 is 0 Å². The van der Waals surface area contributed by atoms with E-state index in [1.807, 2.05) is 0 Å². The largest absolute Gasteiger partial charge is 0.339 e. The monoisotopic (exact) mass is 252 g/mol. The number of rotatable bonds is 5. The van der Waals surface area contributed by atoms with Gasteiger partial charge in [-0.2, -0.15) is 4.98 Å². The van der Waals surface area contributed by atoms with Gasteiger partial charge in [-0.15, -0.1) is 0 Å². The average molecular weight is 252 g/mol. The lowest BCUT2D eigenvalue weighted by Gasteiger charge is -2.30. The van der Waals surface area contributed by atoms with E-state index in [1.165, 1.54) is 0 Å². The Bertz CT molecular complexity index is 360. The summed E-state index contributed by atoms with van der Waals surface area (Å²) in [6, 6.07) is 0.249. The Hall–Kier alpha value is -0.940. The molecule has 0 aliphatic carbocycles. The van der Waals surface area contributed by atoms with Crippen molar-refractivity contribution in [1.82, 2.24) is 20.4 Å². The van der Waals surface area contributed by atoms with Crippen LogP contribution in [0.15, 0.2) is 4.52 Å². The summed E-state index contributed by atoms with van der Waals surface area (Å²) in [5.74, 6) is 1.98. The van der Waals surface area contributed by atoms with Gasteiger partial charge in [0.2, 0.25) is 5.89 Å². The molecular formula is C13H24N4O. The number of aromatic nitrogens is 2. The van der Waals surface area contributed by atoms with Crippen molar-refractivity contribution in [1.29, 1.82) is 0 Å². The SMILES string of the molecule is CCCC(C)c1nc(C(C)N2CCNCC2)no1. The van der Waals surface area contributed by atoms with Crippen molar-refractivity contribution in [2.75, 3.05) is 26.2 Å². The molecule has 1 fully saturated rings. The molecule has 5 nitrogen and oxygen atoms in total. The number of hydrogen-bond donors (Lipinski definition) is 1. The zero-order chi connectivity index (χ0) is 13.0. The van der Waals surface area contributed by atoms with Crippen LogP contribution in [-0.4, -0.2) is 41.2 Å². The van der Waals surface area contributed by atoms with Crippen LogP contribution in [0.1, 0.15) is 57.3 Å². The highest BCUT2D eigenvalue weighted by atomic mass is 16.5. The molecule has 1 N–H and O–H groups in total. The molecule has 0 aromatic carbocycles. The summed E-state index contributed by atoms with van der Waals surface area (Å²) in [6.45, 7) is 10.7. The molecule has 5 heteroatoms. The van der Waals surface area contributed by atoms with Gasteiger partial charge in [-0.1, -0.05) is 25.4 Å². The van der Waals surface area contributed by atoms with Crippen LogP contribution in [0, 0.1) is 0 Å². The standard InChI is InChI=1S/C13H24N4O/c1-4-5-10(2)13-15-12(16-18-13)11(3)17-8-6-14-7-9-17/h10-11,14H,4-9H2,1-3H3. The van der Waals surface area contributed by atoms with Gasteiger partial charge in [0.05, 0.1) is 6.04 Å². The van der Waals surface area contributed by atoms with Crippen molar-refractivity contribution < 1.29 is 4.52 Å². The molecule has 18 heavy (non-hydrogen) atoms. The minimum Gasteiger partial charge on any atom is -0.339 e. The van der Waals surface area contributed by atoms with Crippen molar-refractivity contribution in [2.24, 2.45) is 0 Å². The van der Waals surface area contributed by atoms with Gasteiger partial charge in [0, 0.05) is 32.1 Å². The van der Waals surface area contributed by atoms with Gasteiger partial charge in [0.25, 0.3) is 0 Å². The molecule has 0 spiro atoms. The summed E-state index contributed by atoms with van der Waals surface area (Å²) in [4.78, 5) is 6.96. The molecule has 1 aromatic heterocycles. The van der Waals surface area contributed by atoms with E-state index in [0.717, 1.165) is 50.7 Å².